The van der Waals surface area contributed by atoms with Crippen molar-refractivity contribution in [2.24, 2.45) is 5.73 Å². The summed E-state index contributed by atoms with van der Waals surface area (Å²) in [7, 11) is 0. The number of rotatable bonds is 4. The highest BCUT2D eigenvalue weighted by atomic mass is 19.1. The Hall–Kier alpha value is -2.21. The van der Waals surface area contributed by atoms with Gasteiger partial charge in [0.25, 0.3) is 5.91 Å². The summed E-state index contributed by atoms with van der Waals surface area (Å²) < 4.78 is 13.1. The van der Waals surface area contributed by atoms with Gasteiger partial charge in [0.05, 0.1) is 0 Å². The number of H-pyrrole nitrogens is 1. The van der Waals surface area contributed by atoms with Gasteiger partial charge in [0.1, 0.15) is 11.5 Å². The number of carbonyl (C=O) groups is 1. The van der Waals surface area contributed by atoms with Crippen molar-refractivity contribution in [2.75, 3.05) is 13.1 Å². The number of hydrogen-bond acceptors (Lipinski definition) is 3. The Morgan fingerprint density at radius 2 is 2.17 bits per heavy atom. The van der Waals surface area contributed by atoms with E-state index in [4.69, 9.17) is 5.73 Å². The van der Waals surface area contributed by atoms with Gasteiger partial charge in [-0.15, -0.1) is 0 Å². The smallest absolute Gasteiger partial charge is 0.269 e. The van der Waals surface area contributed by atoms with Crippen LogP contribution in [0.25, 0.3) is 0 Å². The maximum atomic E-state index is 13.1. The van der Waals surface area contributed by atoms with Crippen molar-refractivity contribution in [1.29, 1.82) is 0 Å². The van der Waals surface area contributed by atoms with Crippen molar-refractivity contribution in [3.05, 3.63) is 53.1 Å². The van der Waals surface area contributed by atoms with Crippen LogP contribution in [0.3, 0.4) is 0 Å². The number of hydrogen-bond donors (Lipinski definition) is 2. The van der Waals surface area contributed by atoms with E-state index >= 15 is 0 Å². The molecule has 122 valence electrons. The molecule has 0 bridgehead atoms. The number of carbonyl (C=O) groups excluding carboxylic acids is 1. The highest BCUT2D eigenvalue weighted by Crippen LogP contribution is 2.31. The molecule has 0 unspecified atom stereocenters. The normalized spacial score (nSPS) is 20.3. The zero-order valence-electron chi connectivity index (χ0n) is 13.1. The average Bonchev–Trinajstić information content (AvgIpc) is 3.05. The van der Waals surface area contributed by atoms with E-state index in [9.17, 15) is 9.18 Å². The van der Waals surface area contributed by atoms with Gasteiger partial charge in [-0.2, -0.15) is 5.10 Å². The van der Waals surface area contributed by atoms with Gasteiger partial charge in [0.15, 0.2) is 0 Å². The van der Waals surface area contributed by atoms with Crippen molar-refractivity contribution in [2.45, 2.75) is 31.7 Å². The summed E-state index contributed by atoms with van der Waals surface area (Å²) >= 11 is 0. The predicted octanol–water partition coefficient (Wildman–Crippen LogP) is 2.59. The minimum absolute atomic E-state index is 0.214. The quantitative estimate of drug-likeness (QED) is 0.910. The molecule has 0 saturated carbocycles. The van der Waals surface area contributed by atoms with Crippen molar-refractivity contribution < 1.29 is 9.18 Å². The molecule has 2 aromatic rings. The van der Waals surface area contributed by atoms with Crippen LogP contribution in [0.5, 0.6) is 0 Å². The van der Waals surface area contributed by atoms with Gasteiger partial charge in [0.2, 0.25) is 0 Å². The van der Waals surface area contributed by atoms with Gasteiger partial charge in [-0.3, -0.25) is 14.8 Å². The van der Waals surface area contributed by atoms with E-state index in [1.165, 1.54) is 12.1 Å². The zero-order valence-corrected chi connectivity index (χ0v) is 13.1. The first-order valence-electron chi connectivity index (χ1n) is 7.89. The lowest BCUT2D eigenvalue weighted by Gasteiger charge is -2.36. The Labute approximate surface area is 134 Å². The third kappa shape index (κ3) is 3.42. The van der Waals surface area contributed by atoms with Crippen molar-refractivity contribution in [1.82, 2.24) is 15.1 Å². The monoisotopic (exact) mass is 316 g/mol. The second kappa shape index (κ2) is 6.50. The number of nitrogens with zero attached hydrogens (tertiary/aromatic N) is 2. The molecule has 1 aliphatic heterocycles. The van der Waals surface area contributed by atoms with Crippen LogP contribution in [0.4, 0.5) is 4.39 Å². The summed E-state index contributed by atoms with van der Waals surface area (Å²) in [4.78, 5) is 13.6. The SMILES string of the molecule is C[C@@H](c1ccc(F)cc1)N1CCC[C@@H](c2cc(C(N)=O)n[nH]2)C1. The Kier molecular flexibility index (Phi) is 4.43. The van der Waals surface area contributed by atoms with Gasteiger partial charge >= 0.3 is 0 Å². The van der Waals surface area contributed by atoms with Gasteiger partial charge < -0.3 is 5.73 Å². The summed E-state index contributed by atoms with van der Waals surface area (Å²) in [5, 5.41) is 6.91. The first-order chi connectivity index (χ1) is 11.0. The Balaban J connectivity index is 1.72. The molecule has 0 spiro atoms. The molecule has 3 rings (SSSR count). The molecule has 23 heavy (non-hydrogen) atoms. The zero-order chi connectivity index (χ0) is 16.4. The third-order valence-corrected chi connectivity index (χ3v) is 4.64. The van der Waals surface area contributed by atoms with Crippen LogP contribution < -0.4 is 5.73 Å². The molecule has 2 atom stereocenters. The predicted molar refractivity (Wildman–Crippen MR) is 85.5 cm³/mol. The molecule has 1 aliphatic rings. The molecule has 0 aliphatic carbocycles. The third-order valence-electron chi connectivity index (χ3n) is 4.64. The van der Waals surface area contributed by atoms with Crippen molar-refractivity contribution in [3.8, 4) is 0 Å². The number of primary amides is 1. The number of piperidine rings is 1. The van der Waals surface area contributed by atoms with Crippen LogP contribution >= 0.6 is 0 Å². The molecule has 2 heterocycles. The molecular weight excluding hydrogens is 295 g/mol. The number of nitrogens with one attached hydrogen (secondary N) is 1. The van der Waals surface area contributed by atoms with Crippen LogP contribution in [0, 0.1) is 5.82 Å². The van der Waals surface area contributed by atoms with E-state index in [0.29, 0.717) is 5.92 Å². The largest absolute Gasteiger partial charge is 0.364 e. The number of nitrogens with two attached hydrogens (primary N) is 1. The lowest BCUT2D eigenvalue weighted by Crippen LogP contribution is -2.36. The van der Waals surface area contributed by atoms with E-state index in [0.717, 1.165) is 37.2 Å². The minimum Gasteiger partial charge on any atom is -0.364 e. The maximum absolute atomic E-state index is 13.1. The number of amides is 1. The molecule has 1 aromatic carbocycles. The summed E-state index contributed by atoms with van der Waals surface area (Å²) in [6.45, 7) is 4.02. The number of benzene rings is 1. The Morgan fingerprint density at radius 3 is 2.83 bits per heavy atom. The lowest BCUT2D eigenvalue weighted by molar-refractivity contribution is 0.0995. The molecule has 1 aromatic heterocycles. The Morgan fingerprint density at radius 1 is 1.43 bits per heavy atom. The van der Waals surface area contributed by atoms with Crippen LogP contribution in [-0.4, -0.2) is 34.1 Å². The molecule has 1 fully saturated rings. The van der Waals surface area contributed by atoms with E-state index in [-0.39, 0.29) is 17.6 Å². The van der Waals surface area contributed by atoms with Gasteiger partial charge in [-0.05, 0) is 50.1 Å². The van der Waals surface area contributed by atoms with E-state index < -0.39 is 5.91 Å². The fourth-order valence-electron chi connectivity index (χ4n) is 3.24. The number of likely N-dealkylation sites (tertiary alicyclic amines) is 1. The number of halogens is 1. The van der Waals surface area contributed by atoms with Crippen LogP contribution in [-0.2, 0) is 0 Å². The van der Waals surface area contributed by atoms with Gasteiger partial charge in [-0.25, -0.2) is 4.39 Å². The fraction of sp³-hybridized carbons (Fsp3) is 0.412. The maximum Gasteiger partial charge on any atom is 0.269 e. The number of aromatic amines is 1. The van der Waals surface area contributed by atoms with Gasteiger partial charge in [0, 0.05) is 24.2 Å². The molecular formula is C17H21FN4O. The van der Waals surface area contributed by atoms with Crippen molar-refractivity contribution >= 4 is 5.91 Å². The Bertz CT molecular complexity index is 682. The molecule has 1 amide bonds. The van der Waals surface area contributed by atoms with Gasteiger partial charge in [-0.1, -0.05) is 12.1 Å². The van der Waals surface area contributed by atoms with E-state index in [2.05, 4.69) is 22.0 Å². The molecule has 6 heteroatoms. The van der Waals surface area contributed by atoms with Crippen molar-refractivity contribution in [3.63, 3.8) is 0 Å². The topological polar surface area (TPSA) is 75.0 Å². The standard InChI is InChI=1S/C17H21FN4O/c1-11(12-4-6-14(18)7-5-12)22-8-2-3-13(10-22)15-9-16(17(19)23)21-20-15/h4-7,9,11,13H,2-3,8,10H2,1H3,(H2,19,23)(H,20,21)/t11-,13+/m0/s1. The fourth-order valence-corrected chi connectivity index (χ4v) is 3.24. The molecule has 3 N–H and O–H groups in total. The second-order valence-electron chi connectivity index (χ2n) is 6.13. The summed E-state index contributed by atoms with van der Waals surface area (Å²) in [6, 6.07) is 8.65. The molecule has 0 radical (unpaired) electrons. The summed E-state index contributed by atoms with van der Waals surface area (Å²) in [5.41, 5.74) is 7.60. The highest BCUT2D eigenvalue weighted by molar-refractivity contribution is 5.90. The first kappa shape index (κ1) is 15.7. The summed E-state index contributed by atoms with van der Waals surface area (Å²) in [5.74, 6) is -0.430. The summed E-state index contributed by atoms with van der Waals surface area (Å²) in [6.07, 6.45) is 2.12. The highest BCUT2D eigenvalue weighted by Gasteiger charge is 2.26. The van der Waals surface area contributed by atoms with E-state index in [1.807, 2.05) is 12.1 Å². The molecule has 5 nitrogen and oxygen atoms in total. The van der Waals surface area contributed by atoms with Crippen LogP contribution in [0.15, 0.2) is 30.3 Å². The van der Waals surface area contributed by atoms with Crippen LogP contribution in [0.1, 0.15) is 53.5 Å². The lowest BCUT2D eigenvalue weighted by atomic mass is 9.92. The van der Waals surface area contributed by atoms with Crippen LogP contribution in [0.2, 0.25) is 0 Å². The average molecular weight is 316 g/mol. The van der Waals surface area contributed by atoms with E-state index in [1.54, 1.807) is 6.07 Å². The minimum atomic E-state index is -0.514. The first-order valence-corrected chi connectivity index (χ1v) is 7.89. The number of aromatic nitrogens is 2. The molecule has 1 saturated heterocycles. The second-order valence-corrected chi connectivity index (χ2v) is 6.13.